The number of nitriles is 2. The zero-order chi connectivity index (χ0) is 37.1. The van der Waals surface area contributed by atoms with E-state index in [2.05, 4.69) is 135 Å². The van der Waals surface area contributed by atoms with Crippen LogP contribution in [0, 0.1) is 22.7 Å². The molecule has 0 spiro atoms. The first-order valence-corrected chi connectivity index (χ1v) is 18.6. The molecule has 0 N–H and O–H groups in total. The number of benzene rings is 8. The summed E-state index contributed by atoms with van der Waals surface area (Å²) in [5.41, 5.74) is 10.5. The average molecular weight is 714 g/mol. The summed E-state index contributed by atoms with van der Waals surface area (Å²) in [7, 11) is 0. The van der Waals surface area contributed by atoms with Crippen molar-refractivity contribution < 1.29 is 4.42 Å². The quantitative estimate of drug-likeness (QED) is 0.183. The van der Waals surface area contributed by atoms with Crippen LogP contribution in [0.2, 0.25) is 0 Å². The van der Waals surface area contributed by atoms with Crippen LogP contribution < -0.4 is 0 Å². The SMILES string of the molecule is N#Cc1c(-n2c3ccccc3c3ccccc32)ccc(-n2c3ccc(-n4c5ccccc5c5ccccc54)cc3c3c4oc5ccccc5c4ccc32)c1C#N. The Labute approximate surface area is 319 Å². The summed E-state index contributed by atoms with van der Waals surface area (Å²) in [6.45, 7) is 0. The van der Waals surface area contributed by atoms with E-state index in [0.717, 1.165) is 82.3 Å². The lowest BCUT2D eigenvalue weighted by Gasteiger charge is -2.16. The highest BCUT2D eigenvalue weighted by Gasteiger charge is 2.25. The number of fused-ring (bicyclic) bond motifs is 13. The smallest absolute Gasteiger partial charge is 0.145 e. The number of hydrogen-bond acceptors (Lipinski definition) is 3. The van der Waals surface area contributed by atoms with E-state index in [0.29, 0.717) is 22.5 Å². The summed E-state index contributed by atoms with van der Waals surface area (Å²) >= 11 is 0. The fourth-order valence-corrected chi connectivity index (χ4v) is 9.24. The molecule has 12 aromatic rings. The van der Waals surface area contributed by atoms with Crippen LogP contribution >= 0.6 is 0 Å². The maximum Gasteiger partial charge on any atom is 0.145 e. The van der Waals surface area contributed by atoms with Gasteiger partial charge in [0.15, 0.2) is 0 Å². The van der Waals surface area contributed by atoms with Crippen molar-refractivity contribution in [1.82, 2.24) is 13.7 Å². The highest BCUT2D eigenvalue weighted by molar-refractivity contribution is 6.24. The summed E-state index contributed by atoms with van der Waals surface area (Å²) in [5.74, 6) is 0. The van der Waals surface area contributed by atoms with Gasteiger partial charge in [-0.05, 0) is 72.8 Å². The molecule has 0 aliphatic heterocycles. The van der Waals surface area contributed by atoms with E-state index in [-0.39, 0.29) is 0 Å². The van der Waals surface area contributed by atoms with Gasteiger partial charge in [-0.15, -0.1) is 0 Å². The predicted octanol–water partition coefficient (Wildman–Crippen LogP) is 12.6. The normalized spacial score (nSPS) is 11.9. The standard InChI is InChI=1S/C50H27N5O/c51-28-38-39(29-52)46(26-25-45(38)54-42-18-8-3-13-33(42)34-14-4-9-19-43(34)54)55-44-23-21-30(53-40-16-6-1-11-31(40)32-12-2-7-17-41(32)53)27-37(44)49-47(55)24-22-36-35-15-5-10-20-48(35)56-50(36)49/h1-27H. The Balaban J connectivity index is 1.19. The van der Waals surface area contributed by atoms with Gasteiger partial charge in [0.05, 0.1) is 61.0 Å². The molecule has 6 nitrogen and oxygen atoms in total. The van der Waals surface area contributed by atoms with Crippen LogP contribution in [0.3, 0.4) is 0 Å². The number of nitrogens with zero attached hydrogens (tertiary/aromatic N) is 5. The molecule has 0 fully saturated rings. The zero-order valence-corrected chi connectivity index (χ0v) is 29.7. The third-order valence-electron chi connectivity index (χ3n) is 11.5. The van der Waals surface area contributed by atoms with E-state index in [4.69, 9.17) is 4.42 Å². The minimum atomic E-state index is 0.307. The second kappa shape index (κ2) is 11.2. The fourth-order valence-electron chi connectivity index (χ4n) is 9.24. The third kappa shape index (κ3) is 3.92. The van der Waals surface area contributed by atoms with Gasteiger partial charge in [0.25, 0.3) is 0 Å². The minimum Gasteiger partial charge on any atom is -0.455 e. The topological polar surface area (TPSA) is 75.5 Å². The van der Waals surface area contributed by atoms with E-state index in [1.54, 1.807) is 0 Å². The third-order valence-corrected chi connectivity index (χ3v) is 11.5. The molecule has 0 bridgehead atoms. The summed E-state index contributed by atoms with van der Waals surface area (Å²) in [4.78, 5) is 0. The molecule has 0 saturated carbocycles. The molecule has 6 heteroatoms. The number of hydrogen-bond donors (Lipinski definition) is 0. The lowest BCUT2D eigenvalue weighted by atomic mass is 10.0. The molecule has 12 rings (SSSR count). The Morgan fingerprint density at radius 1 is 0.375 bits per heavy atom. The van der Waals surface area contributed by atoms with E-state index in [1.165, 1.54) is 10.8 Å². The van der Waals surface area contributed by atoms with Gasteiger partial charge in [0.2, 0.25) is 0 Å². The van der Waals surface area contributed by atoms with Gasteiger partial charge in [-0.1, -0.05) is 91.0 Å². The highest BCUT2D eigenvalue weighted by Crippen LogP contribution is 2.43. The number of rotatable bonds is 3. The molecular formula is C50H27N5O. The molecule has 8 aromatic carbocycles. The number of aromatic nitrogens is 3. The maximum absolute atomic E-state index is 11.0. The lowest BCUT2D eigenvalue weighted by Crippen LogP contribution is -2.05. The molecule has 4 aromatic heterocycles. The summed E-state index contributed by atoms with van der Waals surface area (Å²) in [6, 6.07) is 61.2. The highest BCUT2D eigenvalue weighted by atomic mass is 16.3. The summed E-state index contributed by atoms with van der Waals surface area (Å²) in [6.07, 6.45) is 0. The minimum absolute atomic E-state index is 0.307. The van der Waals surface area contributed by atoms with E-state index < -0.39 is 0 Å². The van der Waals surface area contributed by atoms with Crippen molar-refractivity contribution in [3.05, 3.63) is 175 Å². The van der Waals surface area contributed by atoms with Gasteiger partial charge in [-0.3, -0.25) is 0 Å². The van der Waals surface area contributed by atoms with Crippen LogP contribution in [0.25, 0.3) is 104 Å². The monoisotopic (exact) mass is 713 g/mol. The van der Waals surface area contributed by atoms with Crippen molar-refractivity contribution in [2.75, 3.05) is 0 Å². The van der Waals surface area contributed by atoms with Gasteiger partial charge in [-0.25, -0.2) is 0 Å². The fraction of sp³-hybridized carbons (Fsp3) is 0. The molecule has 258 valence electrons. The van der Waals surface area contributed by atoms with E-state index >= 15 is 0 Å². The van der Waals surface area contributed by atoms with Crippen LogP contribution in [0.5, 0.6) is 0 Å². The van der Waals surface area contributed by atoms with E-state index in [9.17, 15) is 10.5 Å². The Bertz CT molecular complexity index is 3640. The van der Waals surface area contributed by atoms with Gasteiger partial charge in [0, 0.05) is 43.4 Å². The molecule has 0 saturated heterocycles. The van der Waals surface area contributed by atoms with Gasteiger partial charge in [0.1, 0.15) is 23.3 Å². The first-order valence-electron chi connectivity index (χ1n) is 18.6. The Kier molecular flexibility index (Phi) is 6.10. The zero-order valence-electron chi connectivity index (χ0n) is 29.7. The van der Waals surface area contributed by atoms with Gasteiger partial charge < -0.3 is 18.1 Å². The van der Waals surface area contributed by atoms with Crippen molar-refractivity contribution >= 4 is 87.4 Å². The van der Waals surface area contributed by atoms with Crippen molar-refractivity contribution in [1.29, 1.82) is 10.5 Å². The largest absolute Gasteiger partial charge is 0.455 e. The molecule has 0 radical (unpaired) electrons. The predicted molar refractivity (Wildman–Crippen MR) is 226 cm³/mol. The van der Waals surface area contributed by atoms with Gasteiger partial charge in [-0.2, -0.15) is 10.5 Å². The second-order valence-electron chi connectivity index (χ2n) is 14.3. The number of para-hydroxylation sites is 5. The van der Waals surface area contributed by atoms with Crippen LogP contribution in [-0.4, -0.2) is 13.7 Å². The molecule has 4 heterocycles. The molecule has 0 aliphatic rings. The van der Waals surface area contributed by atoms with Crippen LogP contribution in [0.4, 0.5) is 0 Å². The summed E-state index contributed by atoms with van der Waals surface area (Å²) in [5, 5.41) is 30.5. The molecule has 0 unspecified atom stereocenters. The van der Waals surface area contributed by atoms with E-state index in [1.807, 2.05) is 54.6 Å². The van der Waals surface area contributed by atoms with Crippen molar-refractivity contribution in [2.45, 2.75) is 0 Å². The van der Waals surface area contributed by atoms with Crippen molar-refractivity contribution in [3.63, 3.8) is 0 Å². The lowest BCUT2D eigenvalue weighted by molar-refractivity contribution is 0.673. The Hall–Kier alpha value is -8.06. The molecular weight excluding hydrogens is 687 g/mol. The molecule has 0 atom stereocenters. The van der Waals surface area contributed by atoms with Crippen molar-refractivity contribution in [3.8, 4) is 29.2 Å². The maximum atomic E-state index is 11.0. The molecule has 0 aliphatic carbocycles. The first kappa shape index (κ1) is 30.4. The van der Waals surface area contributed by atoms with Gasteiger partial charge >= 0.3 is 0 Å². The van der Waals surface area contributed by atoms with Crippen molar-refractivity contribution in [2.24, 2.45) is 0 Å². The Morgan fingerprint density at radius 2 is 0.821 bits per heavy atom. The first-order chi connectivity index (χ1) is 27.7. The second-order valence-corrected chi connectivity index (χ2v) is 14.3. The molecule has 0 amide bonds. The van der Waals surface area contributed by atoms with Crippen LogP contribution in [-0.2, 0) is 0 Å². The average Bonchev–Trinajstić information content (AvgIpc) is 3.99. The van der Waals surface area contributed by atoms with Crippen LogP contribution in [0.15, 0.2) is 168 Å². The number of furan rings is 1. The molecule has 56 heavy (non-hydrogen) atoms. The Morgan fingerprint density at radius 3 is 1.38 bits per heavy atom. The van der Waals surface area contributed by atoms with Crippen LogP contribution in [0.1, 0.15) is 11.1 Å². The summed E-state index contributed by atoms with van der Waals surface area (Å²) < 4.78 is 13.3.